The van der Waals surface area contributed by atoms with Gasteiger partial charge in [-0.3, -0.25) is 4.79 Å². The van der Waals surface area contributed by atoms with Crippen LogP contribution in [0.2, 0.25) is 0 Å². The first-order valence-corrected chi connectivity index (χ1v) is 6.56. The Morgan fingerprint density at radius 2 is 2.18 bits per heavy atom. The van der Waals surface area contributed by atoms with Gasteiger partial charge in [-0.05, 0) is 40.9 Å². The fourth-order valence-electron chi connectivity index (χ4n) is 2.04. The van der Waals surface area contributed by atoms with Crippen LogP contribution >= 0.6 is 15.9 Å². The summed E-state index contributed by atoms with van der Waals surface area (Å²) in [4.78, 5) is 15.9. The normalized spacial score (nSPS) is 24.4. The minimum atomic E-state index is -0.420. The Morgan fingerprint density at radius 1 is 1.41 bits per heavy atom. The summed E-state index contributed by atoms with van der Waals surface area (Å²) < 4.78 is 0.701. The van der Waals surface area contributed by atoms with Crippen LogP contribution in [0.5, 0.6) is 0 Å². The van der Waals surface area contributed by atoms with Crippen LogP contribution < -0.4 is 5.32 Å². The lowest BCUT2D eigenvalue weighted by Crippen LogP contribution is -2.45. The van der Waals surface area contributed by atoms with Crippen molar-refractivity contribution in [2.75, 3.05) is 0 Å². The topological polar surface area (TPSA) is 62.2 Å². The molecule has 1 heterocycles. The molecule has 1 aliphatic carbocycles. The predicted octanol–water partition coefficient (Wildman–Crippen LogP) is 1.88. The van der Waals surface area contributed by atoms with Crippen LogP contribution in [0, 0.1) is 0 Å². The van der Waals surface area contributed by atoms with Crippen molar-refractivity contribution in [2.24, 2.45) is 0 Å². The van der Waals surface area contributed by atoms with Crippen molar-refractivity contribution in [1.29, 1.82) is 0 Å². The molecule has 2 atom stereocenters. The fraction of sp³-hybridized carbons (Fsp3) is 0.500. The molecule has 92 valence electrons. The molecule has 0 bridgehead atoms. The van der Waals surface area contributed by atoms with Crippen molar-refractivity contribution in [1.82, 2.24) is 10.3 Å². The molecule has 0 aliphatic heterocycles. The number of aliphatic hydroxyl groups is 1. The van der Waals surface area contributed by atoms with Gasteiger partial charge >= 0.3 is 0 Å². The maximum Gasteiger partial charge on any atom is 0.253 e. The van der Waals surface area contributed by atoms with Crippen LogP contribution in [0.1, 0.15) is 36.0 Å². The lowest BCUT2D eigenvalue weighted by molar-refractivity contribution is 0.0717. The molecule has 0 aromatic carbocycles. The molecule has 1 fully saturated rings. The molecule has 1 aromatic rings. The first-order chi connectivity index (χ1) is 8.16. The second-order valence-corrected chi connectivity index (χ2v) is 5.11. The molecular formula is C12H15BrN2O2. The summed E-state index contributed by atoms with van der Waals surface area (Å²) in [5.41, 5.74) is 0.519. The average molecular weight is 299 g/mol. The Hall–Kier alpha value is -0.940. The second-order valence-electron chi connectivity index (χ2n) is 4.30. The quantitative estimate of drug-likeness (QED) is 0.820. The summed E-state index contributed by atoms with van der Waals surface area (Å²) in [5, 5.41) is 12.6. The second kappa shape index (κ2) is 5.60. The Labute approximate surface area is 109 Å². The zero-order valence-electron chi connectivity index (χ0n) is 9.40. The Kier molecular flexibility index (Phi) is 4.12. The number of aliphatic hydroxyl groups excluding tert-OH is 1. The Bertz CT molecular complexity index is 394. The van der Waals surface area contributed by atoms with Crippen molar-refractivity contribution in [2.45, 2.75) is 37.8 Å². The molecule has 1 aromatic heterocycles. The summed E-state index contributed by atoms with van der Waals surface area (Å²) in [6.07, 6.45) is 4.80. The highest BCUT2D eigenvalue weighted by Crippen LogP contribution is 2.18. The number of amides is 1. The lowest BCUT2D eigenvalue weighted by atomic mass is 9.92. The number of hydrogen-bond acceptors (Lipinski definition) is 3. The number of nitrogens with one attached hydrogen (secondary N) is 1. The van der Waals surface area contributed by atoms with Gasteiger partial charge in [-0.1, -0.05) is 12.8 Å². The van der Waals surface area contributed by atoms with E-state index in [1.807, 2.05) is 0 Å². The van der Waals surface area contributed by atoms with E-state index in [2.05, 4.69) is 26.2 Å². The number of carbonyl (C=O) groups is 1. The first-order valence-electron chi connectivity index (χ1n) is 5.77. The summed E-state index contributed by atoms with van der Waals surface area (Å²) in [5.74, 6) is -0.170. The molecule has 0 radical (unpaired) electrons. The summed E-state index contributed by atoms with van der Waals surface area (Å²) in [6.45, 7) is 0. The van der Waals surface area contributed by atoms with E-state index in [4.69, 9.17) is 0 Å². The van der Waals surface area contributed by atoms with E-state index < -0.39 is 6.10 Å². The van der Waals surface area contributed by atoms with Crippen LogP contribution in [0.4, 0.5) is 0 Å². The highest BCUT2D eigenvalue weighted by Gasteiger charge is 2.24. The lowest BCUT2D eigenvalue weighted by Gasteiger charge is -2.28. The summed E-state index contributed by atoms with van der Waals surface area (Å²) in [6, 6.07) is 3.31. The highest BCUT2D eigenvalue weighted by molar-refractivity contribution is 9.10. The first kappa shape index (κ1) is 12.5. The van der Waals surface area contributed by atoms with Crippen LogP contribution in [0.25, 0.3) is 0 Å². The van der Waals surface area contributed by atoms with E-state index in [0.717, 1.165) is 25.7 Å². The van der Waals surface area contributed by atoms with Crippen LogP contribution in [-0.4, -0.2) is 28.1 Å². The van der Waals surface area contributed by atoms with Crippen molar-refractivity contribution in [3.8, 4) is 0 Å². The predicted molar refractivity (Wildman–Crippen MR) is 67.7 cm³/mol. The standard InChI is InChI=1S/C12H15BrN2O2/c13-11-6-5-8(7-14-11)12(17)15-9-3-1-2-4-10(9)16/h5-7,9-10,16H,1-4H2,(H,15,17)/t9-,10-/m0/s1. The van der Waals surface area contributed by atoms with Crippen molar-refractivity contribution >= 4 is 21.8 Å². The summed E-state index contributed by atoms with van der Waals surface area (Å²) in [7, 11) is 0. The van der Waals surface area contributed by atoms with Gasteiger partial charge in [0, 0.05) is 6.20 Å². The third kappa shape index (κ3) is 3.26. The molecular weight excluding hydrogens is 284 g/mol. The Balaban J connectivity index is 1.98. The average Bonchev–Trinajstić information content (AvgIpc) is 2.33. The number of carbonyl (C=O) groups excluding carboxylic acids is 1. The smallest absolute Gasteiger partial charge is 0.253 e. The van der Waals surface area contributed by atoms with Gasteiger partial charge in [0.2, 0.25) is 0 Å². The molecule has 4 nitrogen and oxygen atoms in total. The van der Waals surface area contributed by atoms with Crippen molar-refractivity contribution in [3.63, 3.8) is 0 Å². The van der Waals surface area contributed by atoms with E-state index in [1.165, 1.54) is 6.20 Å². The molecule has 2 N–H and O–H groups in total. The van der Waals surface area contributed by atoms with Gasteiger partial charge in [0.1, 0.15) is 4.60 Å². The van der Waals surface area contributed by atoms with E-state index in [1.54, 1.807) is 12.1 Å². The van der Waals surface area contributed by atoms with Crippen LogP contribution in [0.15, 0.2) is 22.9 Å². The molecule has 0 saturated heterocycles. The monoisotopic (exact) mass is 298 g/mol. The third-order valence-corrected chi connectivity index (χ3v) is 3.50. The maximum absolute atomic E-state index is 11.9. The maximum atomic E-state index is 11.9. The molecule has 5 heteroatoms. The minimum Gasteiger partial charge on any atom is -0.391 e. The Morgan fingerprint density at radius 3 is 2.82 bits per heavy atom. The van der Waals surface area contributed by atoms with Crippen molar-refractivity contribution in [3.05, 3.63) is 28.5 Å². The van der Waals surface area contributed by atoms with Crippen LogP contribution in [0.3, 0.4) is 0 Å². The third-order valence-electron chi connectivity index (χ3n) is 3.04. The molecule has 1 aliphatic rings. The number of aromatic nitrogens is 1. The zero-order valence-corrected chi connectivity index (χ0v) is 11.0. The molecule has 17 heavy (non-hydrogen) atoms. The van der Waals surface area contributed by atoms with Gasteiger partial charge in [0.25, 0.3) is 5.91 Å². The zero-order chi connectivity index (χ0) is 12.3. The van der Waals surface area contributed by atoms with Crippen molar-refractivity contribution < 1.29 is 9.90 Å². The van der Waals surface area contributed by atoms with Gasteiger partial charge in [0.05, 0.1) is 17.7 Å². The highest BCUT2D eigenvalue weighted by atomic mass is 79.9. The number of nitrogens with zero attached hydrogens (tertiary/aromatic N) is 1. The van der Waals surface area contributed by atoms with Crippen LogP contribution in [-0.2, 0) is 0 Å². The molecule has 1 amide bonds. The number of pyridine rings is 1. The van der Waals surface area contributed by atoms with Gasteiger partial charge in [0.15, 0.2) is 0 Å². The number of rotatable bonds is 2. The van der Waals surface area contributed by atoms with Gasteiger partial charge in [-0.25, -0.2) is 4.98 Å². The fourth-order valence-corrected chi connectivity index (χ4v) is 2.28. The SMILES string of the molecule is O=C(N[C@H]1CCCC[C@@H]1O)c1ccc(Br)nc1. The number of halogens is 1. The van der Waals surface area contributed by atoms with Gasteiger partial charge in [-0.2, -0.15) is 0 Å². The summed E-state index contributed by atoms with van der Waals surface area (Å²) >= 11 is 3.22. The molecule has 0 spiro atoms. The van der Waals surface area contributed by atoms with Gasteiger partial charge in [-0.15, -0.1) is 0 Å². The molecule has 1 saturated carbocycles. The van der Waals surface area contributed by atoms with Gasteiger partial charge < -0.3 is 10.4 Å². The van der Waals surface area contributed by atoms with E-state index in [0.29, 0.717) is 10.2 Å². The van der Waals surface area contributed by atoms with E-state index in [9.17, 15) is 9.90 Å². The number of hydrogen-bond donors (Lipinski definition) is 2. The largest absolute Gasteiger partial charge is 0.391 e. The molecule has 0 unspecified atom stereocenters. The van der Waals surface area contributed by atoms with E-state index >= 15 is 0 Å². The minimum absolute atomic E-state index is 0.125. The molecule has 2 rings (SSSR count). The van der Waals surface area contributed by atoms with E-state index in [-0.39, 0.29) is 11.9 Å².